The number of nitrogens with zero attached hydrogens (tertiary/aromatic N) is 2. The summed E-state index contributed by atoms with van der Waals surface area (Å²) in [5.74, 6) is 0.600. The highest BCUT2D eigenvalue weighted by Crippen LogP contribution is 2.51. The monoisotopic (exact) mass is 479 g/mol. The Morgan fingerprint density at radius 2 is 1.88 bits per heavy atom. The van der Waals surface area contributed by atoms with Crippen LogP contribution in [0, 0.1) is 5.92 Å². The van der Waals surface area contributed by atoms with E-state index in [1.807, 2.05) is 12.1 Å². The van der Waals surface area contributed by atoms with Crippen molar-refractivity contribution >= 4 is 28.4 Å². The zero-order chi connectivity index (χ0) is 23.9. The molecule has 6 heteroatoms. The van der Waals surface area contributed by atoms with Crippen molar-refractivity contribution in [2.24, 2.45) is 5.92 Å². The number of carbonyl (C=O) groups excluding carboxylic acids is 1. The maximum Gasteiger partial charge on any atom is 0.249 e. The normalized spacial score (nSPS) is 23.4. The maximum atomic E-state index is 13.2. The van der Waals surface area contributed by atoms with E-state index in [-0.39, 0.29) is 18.1 Å². The first-order valence-electron chi connectivity index (χ1n) is 12.3. The van der Waals surface area contributed by atoms with Crippen molar-refractivity contribution in [3.63, 3.8) is 0 Å². The van der Waals surface area contributed by atoms with E-state index in [9.17, 15) is 4.79 Å². The molecule has 34 heavy (non-hydrogen) atoms. The fraction of sp³-hybridized carbons (Fsp3) is 0.464. The molecule has 1 amide bonds. The first kappa shape index (κ1) is 23.4. The number of halogens is 1. The molecular weight excluding hydrogens is 446 g/mol. The number of rotatable bonds is 5. The Morgan fingerprint density at radius 1 is 1.18 bits per heavy atom. The molecule has 1 atom stereocenters. The molecule has 0 radical (unpaired) electrons. The molecule has 1 N–H and O–H groups in total. The summed E-state index contributed by atoms with van der Waals surface area (Å²) >= 11 is 6.17. The van der Waals surface area contributed by atoms with E-state index in [1.54, 1.807) is 7.11 Å². The van der Waals surface area contributed by atoms with Crippen LogP contribution in [0.1, 0.15) is 48.5 Å². The van der Waals surface area contributed by atoms with Gasteiger partial charge in [-0.1, -0.05) is 41.9 Å². The summed E-state index contributed by atoms with van der Waals surface area (Å²) in [6, 6.07) is 17.1. The lowest BCUT2D eigenvalue weighted by molar-refractivity contribution is -0.146. The number of hydrogen-bond donors (Lipinski definition) is 1. The Bertz CT molecular complexity index is 1160. The maximum absolute atomic E-state index is 13.2. The lowest BCUT2D eigenvalue weighted by Gasteiger charge is -2.51. The summed E-state index contributed by atoms with van der Waals surface area (Å²) in [5, 5.41) is 2.06. The second kappa shape index (κ2) is 9.37. The van der Waals surface area contributed by atoms with Crippen molar-refractivity contribution in [3.05, 3.63) is 70.4 Å². The quantitative estimate of drug-likeness (QED) is 0.522. The van der Waals surface area contributed by atoms with Gasteiger partial charge in [-0.05, 0) is 81.4 Å². The molecule has 1 aliphatic carbocycles. The lowest BCUT2D eigenvalue weighted by atomic mass is 9.68. The van der Waals surface area contributed by atoms with Crippen LogP contribution in [0.3, 0.4) is 0 Å². The van der Waals surface area contributed by atoms with Crippen LogP contribution >= 0.6 is 11.6 Å². The van der Waals surface area contributed by atoms with Gasteiger partial charge in [-0.15, -0.1) is 0 Å². The van der Waals surface area contributed by atoms with Gasteiger partial charge in [0.2, 0.25) is 5.91 Å². The number of methoxy groups -OCH3 is 1. The van der Waals surface area contributed by atoms with Crippen molar-refractivity contribution in [3.8, 4) is 0 Å². The first-order valence-corrected chi connectivity index (χ1v) is 12.6. The number of amides is 1. The van der Waals surface area contributed by atoms with Gasteiger partial charge >= 0.3 is 0 Å². The van der Waals surface area contributed by atoms with Crippen molar-refractivity contribution in [1.82, 2.24) is 14.8 Å². The highest BCUT2D eigenvalue weighted by Gasteiger charge is 2.49. The summed E-state index contributed by atoms with van der Waals surface area (Å²) in [6.45, 7) is 0.877. The van der Waals surface area contributed by atoms with E-state index < -0.39 is 0 Å². The van der Waals surface area contributed by atoms with E-state index in [4.69, 9.17) is 16.3 Å². The third kappa shape index (κ3) is 3.94. The largest absolute Gasteiger partial charge is 0.375 e. The Morgan fingerprint density at radius 3 is 2.56 bits per heavy atom. The number of hydrogen-bond acceptors (Lipinski definition) is 3. The number of carbonyl (C=O) groups is 1. The average Bonchev–Trinajstić information content (AvgIpc) is 3.22. The molecule has 0 bridgehead atoms. The van der Waals surface area contributed by atoms with Crippen molar-refractivity contribution in [2.45, 2.75) is 43.7 Å². The minimum atomic E-state index is -0.296. The predicted octanol–water partition coefficient (Wildman–Crippen LogP) is 5.54. The topological polar surface area (TPSA) is 48.6 Å². The third-order valence-corrected chi connectivity index (χ3v) is 8.27. The first-order chi connectivity index (χ1) is 16.4. The smallest absolute Gasteiger partial charge is 0.249 e. The molecule has 2 aliphatic rings. The van der Waals surface area contributed by atoms with Crippen LogP contribution in [-0.4, -0.2) is 55.0 Å². The number of nitrogens with one attached hydrogen (secondary N) is 1. The lowest BCUT2D eigenvalue weighted by Crippen LogP contribution is -2.56. The number of fused-ring (bicyclic) bond motifs is 4. The molecule has 2 aromatic carbocycles. The van der Waals surface area contributed by atoms with E-state index >= 15 is 0 Å². The van der Waals surface area contributed by atoms with Gasteiger partial charge in [0.25, 0.3) is 0 Å². The zero-order valence-electron chi connectivity index (χ0n) is 20.3. The summed E-state index contributed by atoms with van der Waals surface area (Å²) in [6.07, 6.45) is 4.88. The van der Waals surface area contributed by atoms with Gasteiger partial charge in [-0.25, -0.2) is 0 Å². The van der Waals surface area contributed by atoms with E-state index in [0.29, 0.717) is 12.0 Å². The number of H-pyrrole nitrogens is 1. The van der Waals surface area contributed by atoms with Crippen LogP contribution < -0.4 is 0 Å². The summed E-state index contributed by atoms with van der Waals surface area (Å²) < 4.78 is 5.28. The summed E-state index contributed by atoms with van der Waals surface area (Å²) in [4.78, 5) is 21.4. The molecule has 1 saturated carbocycles. The molecule has 0 saturated heterocycles. The van der Waals surface area contributed by atoms with Crippen LogP contribution in [0.2, 0.25) is 5.02 Å². The minimum absolute atomic E-state index is 0.0899. The van der Waals surface area contributed by atoms with E-state index in [2.05, 4.69) is 65.3 Å². The molecule has 1 spiro atoms. The predicted molar refractivity (Wildman–Crippen MR) is 137 cm³/mol. The van der Waals surface area contributed by atoms with E-state index in [1.165, 1.54) is 27.7 Å². The minimum Gasteiger partial charge on any atom is -0.375 e. The Kier molecular flexibility index (Phi) is 6.45. The fourth-order valence-corrected chi connectivity index (χ4v) is 6.73. The Hall–Kier alpha value is -2.34. The number of aromatic nitrogens is 1. The number of para-hydroxylation sites is 1. The van der Waals surface area contributed by atoms with Crippen LogP contribution in [0.25, 0.3) is 10.9 Å². The number of benzene rings is 2. The molecule has 5 nitrogen and oxygen atoms in total. The molecule has 1 aromatic heterocycles. The van der Waals surface area contributed by atoms with Crippen LogP contribution in [0.15, 0.2) is 48.5 Å². The average molecular weight is 480 g/mol. The molecule has 1 fully saturated rings. The second-order valence-corrected chi connectivity index (χ2v) is 10.5. The zero-order valence-corrected chi connectivity index (χ0v) is 21.1. The number of ether oxygens (including phenoxy) is 1. The standard InChI is InChI=1S/C28H34ClN3O2/c1-31(2)26(19-8-10-21(29)11-9-19)20-12-15-28(16-13-20)27-23(14-17-32(28)25(33)18-34-3)22-6-4-5-7-24(22)30-27/h4-11,20,26,30H,12-18H2,1-3H3. The molecule has 3 aromatic rings. The van der Waals surface area contributed by atoms with Gasteiger partial charge in [-0.2, -0.15) is 0 Å². The molecule has 5 rings (SSSR count). The third-order valence-electron chi connectivity index (χ3n) is 8.02. The van der Waals surface area contributed by atoms with Crippen molar-refractivity contribution in [1.29, 1.82) is 0 Å². The fourth-order valence-electron chi connectivity index (χ4n) is 6.60. The molecule has 180 valence electrons. The molecule has 2 heterocycles. The second-order valence-electron chi connectivity index (χ2n) is 10.1. The SMILES string of the molecule is COCC(=O)N1CCc2c([nH]c3ccccc23)C12CCC(C(c1ccc(Cl)cc1)N(C)C)CC2. The van der Waals surface area contributed by atoms with Crippen LogP contribution in [-0.2, 0) is 21.5 Å². The van der Waals surface area contributed by atoms with Gasteiger partial charge in [0.1, 0.15) is 6.61 Å². The molecular formula is C28H34ClN3O2. The van der Waals surface area contributed by atoms with Crippen molar-refractivity contribution < 1.29 is 9.53 Å². The molecule has 1 unspecified atom stereocenters. The van der Waals surface area contributed by atoms with Gasteiger partial charge in [0, 0.05) is 41.3 Å². The Balaban J connectivity index is 1.50. The van der Waals surface area contributed by atoms with E-state index in [0.717, 1.165) is 43.7 Å². The Labute approximate surface area is 207 Å². The number of aromatic amines is 1. The van der Waals surface area contributed by atoms with Gasteiger partial charge < -0.3 is 19.5 Å². The highest BCUT2D eigenvalue weighted by molar-refractivity contribution is 6.30. The van der Waals surface area contributed by atoms with Crippen LogP contribution in [0.5, 0.6) is 0 Å². The highest BCUT2D eigenvalue weighted by atomic mass is 35.5. The summed E-state index contributed by atoms with van der Waals surface area (Å²) in [7, 11) is 5.93. The van der Waals surface area contributed by atoms with Gasteiger partial charge in [0.05, 0.1) is 5.54 Å². The molecule has 1 aliphatic heterocycles. The summed E-state index contributed by atoms with van der Waals surface area (Å²) in [5.41, 5.74) is 4.81. The van der Waals surface area contributed by atoms with Crippen LogP contribution in [0.4, 0.5) is 0 Å². The van der Waals surface area contributed by atoms with Gasteiger partial charge in [0.15, 0.2) is 0 Å². The van der Waals surface area contributed by atoms with Gasteiger partial charge in [-0.3, -0.25) is 4.79 Å². The van der Waals surface area contributed by atoms with Crippen molar-refractivity contribution in [2.75, 3.05) is 34.4 Å².